The second kappa shape index (κ2) is 6.16. The maximum atomic E-state index is 14.2. The molecule has 1 spiro atoms. The van der Waals surface area contributed by atoms with Crippen LogP contribution in [0.25, 0.3) is 0 Å². The molecule has 0 aromatic heterocycles. The summed E-state index contributed by atoms with van der Waals surface area (Å²) >= 11 is 0. The fraction of sp³-hybridized carbons (Fsp3) is 0.438. The predicted octanol–water partition coefficient (Wildman–Crippen LogP) is 2.83. The number of nitriles is 1. The van der Waals surface area contributed by atoms with Gasteiger partial charge in [-0.05, 0) is 37.8 Å². The van der Waals surface area contributed by atoms with E-state index in [1.807, 2.05) is 0 Å². The highest BCUT2D eigenvalue weighted by Gasteiger charge is 2.48. The number of hydrogen-bond acceptors (Lipinski definition) is 6. The molecule has 4 N–H and O–H groups in total. The Labute approximate surface area is 146 Å². The van der Waals surface area contributed by atoms with Gasteiger partial charge in [0.15, 0.2) is 0 Å². The molecule has 1 fully saturated rings. The predicted molar refractivity (Wildman–Crippen MR) is 87.7 cm³/mol. The van der Waals surface area contributed by atoms with Gasteiger partial charge in [-0.3, -0.25) is 4.90 Å². The van der Waals surface area contributed by atoms with Crippen molar-refractivity contribution in [1.82, 2.24) is 0 Å². The average Bonchev–Trinajstić information content (AvgIpc) is 2.53. The Kier molecular flexibility index (Phi) is 4.26. The first-order valence-corrected chi connectivity index (χ1v) is 7.99. The third kappa shape index (κ3) is 2.83. The van der Waals surface area contributed by atoms with E-state index in [4.69, 9.17) is 11.5 Å². The van der Waals surface area contributed by atoms with E-state index in [1.54, 1.807) is 6.07 Å². The number of anilines is 1. The summed E-state index contributed by atoms with van der Waals surface area (Å²) < 4.78 is 55.0. The fourth-order valence-electron chi connectivity index (χ4n) is 3.60. The van der Waals surface area contributed by atoms with Crippen molar-refractivity contribution >= 4 is 17.6 Å². The highest BCUT2D eigenvalue weighted by Crippen LogP contribution is 2.46. The van der Waals surface area contributed by atoms with Crippen molar-refractivity contribution in [2.45, 2.75) is 43.9 Å². The molecule has 2 aliphatic rings. The molecular formula is C16H16F4N6. The highest BCUT2D eigenvalue weighted by molar-refractivity contribution is 6.06. The molecule has 10 heteroatoms. The van der Waals surface area contributed by atoms with Gasteiger partial charge in [0.05, 0.1) is 11.3 Å². The first-order chi connectivity index (χ1) is 12.2. The van der Waals surface area contributed by atoms with Gasteiger partial charge in [0, 0.05) is 0 Å². The number of hydrogen-bond donors (Lipinski definition) is 2. The maximum Gasteiger partial charge on any atom is 0.421 e. The summed E-state index contributed by atoms with van der Waals surface area (Å²) in [6.45, 7) is 0. The second-order valence-corrected chi connectivity index (χ2v) is 6.25. The van der Waals surface area contributed by atoms with E-state index in [1.165, 1.54) is 0 Å². The Hall–Kier alpha value is -2.83. The van der Waals surface area contributed by atoms with Crippen molar-refractivity contribution in [3.05, 3.63) is 29.1 Å². The molecule has 1 saturated carbocycles. The number of halogens is 4. The normalized spacial score (nSPS) is 19.7. The Morgan fingerprint density at radius 1 is 1.15 bits per heavy atom. The molecule has 0 unspecified atom stereocenters. The standard InChI is InChI=1S/C16H16F4N6/c17-10-5-4-9(8-21)12(11(10)16(18,19)20)26-14(23)24-13(22)25-15(26)6-2-1-3-7-15/h4-5H,1-3,6-7H2,(H4,22,23,24,25). The minimum absolute atomic E-state index is 0.149. The van der Waals surface area contributed by atoms with Crippen LogP contribution in [0.3, 0.4) is 0 Å². The lowest BCUT2D eigenvalue weighted by molar-refractivity contribution is -0.139. The van der Waals surface area contributed by atoms with Crippen molar-refractivity contribution in [2.24, 2.45) is 21.5 Å². The molecule has 1 heterocycles. The van der Waals surface area contributed by atoms with Gasteiger partial charge in [0.1, 0.15) is 23.1 Å². The molecule has 1 aromatic rings. The number of nitrogens with two attached hydrogens (primary N) is 2. The van der Waals surface area contributed by atoms with E-state index < -0.39 is 28.9 Å². The molecule has 0 saturated heterocycles. The molecule has 1 aliphatic heterocycles. The fourth-order valence-corrected chi connectivity index (χ4v) is 3.60. The smallest absolute Gasteiger partial charge is 0.369 e. The molecule has 0 amide bonds. The number of nitrogens with zero attached hydrogens (tertiary/aromatic N) is 4. The molecule has 1 aromatic carbocycles. The lowest BCUT2D eigenvalue weighted by atomic mass is 9.86. The van der Waals surface area contributed by atoms with Gasteiger partial charge in [-0.25, -0.2) is 9.38 Å². The van der Waals surface area contributed by atoms with Gasteiger partial charge in [0.25, 0.3) is 0 Å². The molecule has 6 nitrogen and oxygen atoms in total. The third-order valence-electron chi connectivity index (χ3n) is 4.61. The first-order valence-electron chi connectivity index (χ1n) is 7.99. The van der Waals surface area contributed by atoms with Crippen LogP contribution in [0, 0.1) is 17.1 Å². The second-order valence-electron chi connectivity index (χ2n) is 6.25. The monoisotopic (exact) mass is 368 g/mol. The molecular weight excluding hydrogens is 352 g/mol. The van der Waals surface area contributed by atoms with Crippen molar-refractivity contribution in [3.8, 4) is 6.07 Å². The zero-order valence-corrected chi connectivity index (χ0v) is 13.6. The van der Waals surface area contributed by atoms with Crippen LogP contribution in [0.4, 0.5) is 23.2 Å². The Morgan fingerprint density at radius 2 is 1.81 bits per heavy atom. The van der Waals surface area contributed by atoms with E-state index in [9.17, 15) is 22.8 Å². The molecule has 0 atom stereocenters. The van der Waals surface area contributed by atoms with Crippen LogP contribution in [-0.4, -0.2) is 17.6 Å². The number of aliphatic imine (C=N–C) groups is 2. The van der Waals surface area contributed by atoms with Crippen molar-refractivity contribution in [2.75, 3.05) is 4.90 Å². The zero-order chi connectivity index (χ0) is 19.1. The van der Waals surface area contributed by atoms with E-state index in [2.05, 4.69) is 9.98 Å². The molecule has 3 rings (SSSR count). The summed E-state index contributed by atoms with van der Waals surface area (Å²) in [6.07, 6.45) is -2.07. The minimum Gasteiger partial charge on any atom is -0.369 e. The largest absolute Gasteiger partial charge is 0.421 e. The highest BCUT2D eigenvalue weighted by atomic mass is 19.4. The minimum atomic E-state index is -5.03. The van der Waals surface area contributed by atoms with Crippen LogP contribution in [0.5, 0.6) is 0 Å². The average molecular weight is 368 g/mol. The van der Waals surface area contributed by atoms with E-state index in [0.29, 0.717) is 31.7 Å². The third-order valence-corrected chi connectivity index (χ3v) is 4.61. The Morgan fingerprint density at radius 3 is 2.38 bits per heavy atom. The summed E-state index contributed by atoms with van der Waals surface area (Å²) in [4.78, 5) is 9.07. The Bertz CT molecular complexity index is 830. The van der Waals surface area contributed by atoms with Crippen molar-refractivity contribution in [1.29, 1.82) is 5.26 Å². The number of alkyl halides is 3. The van der Waals surface area contributed by atoms with Crippen molar-refractivity contribution in [3.63, 3.8) is 0 Å². The number of rotatable bonds is 1. The lowest BCUT2D eigenvalue weighted by Gasteiger charge is -2.46. The van der Waals surface area contributed by atoms with Crippen molar-refractivity contribution < 1.29 is 17.6 Å². The number of guanidine groups is 2. The first kappa shape index (κ1) is 18.0. The SMILES string of the molecule is N#Cc1ccc(F)c(C(F)(F)F)c1N1C(N)=NC(N)=NC12CCCCC2. The van der Waals surface area contributed by atoms with Gasteiger partial charge in [-0.2, -0.15) is 23.4 Å². The topological polar surface area (TPSA) is 104 Å². The van der Waals surface area contributed by atoms with Crippen LogP contribution in [0.1, 0.15) is 43.2 Å². The van der Waals surface area contributed by atoms with Crippen LogP contribution in [-0.2, 0) is 6.18 Å². The zero-order valence-electron chi connectivity index (χ0n) is 13.6. The summed E-state index contributed by atoms with van der Waals surface area (Å²) in [5.74, 6) is -1.98. The van der Waals surface area contributed by atoms with Gasteiger partial charge < -0.3 is 11.5 Å². The quantitative estimate of drug-likeness (QED) is 0.744. The molecule has 138 valence electrons. The molecule has 26 heavy (non-hydrogen) atoms. The lowest BCUT2D eigenvalue weighted by Crippen LogP contribution is -2.59. The van der Waals surface area contributed by atoms with E-state index in [-0.39, 0.29) is 17.5 Å². The summed E-state index contributed by atoms with van der Waals surface area (Å²) in [5, 5.41) is 9.35. The van der Waals surface area contributed by atoms with Gasteiger partial charge in [-0.15, -0.1) is 0 Å². The van der Waals surface area contributed by atoms with E-state index >= 15 is 0 Å². The Balaban J connectivity index is 2.32. The molecule has 0 radical (unpaired) electrons. The van der Waals surface area contributed by atoms with Gasteiger partial charge in [0.2, 0.25) is 11.9 Å². The van der Waals surface area contributed by atoms with Gasteiger partial charge >= 0.3 is 6.18 Å². The molecule has 0 bridgehead atoms. The summed E-state index contributed by atoms with van der Waals surface area (Å²) in [6, 6.07) is 3.30. The number of benzene rings is 1. The van der Waals surface area contributed by atoms with Crippen LogP contribution < -0.4 is 16.4 Å². The van der Waals surface area contributed by atoms with E-state index in [0.717, 1.165) is 17.4 Å². The molecule has 1 aliphatic carbocycles. The van der Waals surface area contributed by atoms with Crippen LogP contribution in [0.2, 0.25) is 0 Å². The summed E-state index contributed by atoms with van der Waals surface area (Å²) in [5.41, 5.74) is 7.79. The van der Waals surface area contributed by atoms with Crippen LogP contribution >= 0.6 is 0 Å². The summed E-state index contributed by atoms with van der Waals surface area (Å²) in [7, 11) is 0. The maximum absolute atomic E-state index is 14.2. The van der Waals surface area contributed by atoms with Gasteiger partial charge in [-0.1, -0.05) is 6.42 Å². The van der Waals surface area contributed by atoms with Crippen LogP contribution in [0.15, 0.2) is 22.1 Å².